The summed E-state index contributed by atoms with van der Waals surface area (Å²) >= 11 is 0. The number of H-pyrrole nitrogens is 2. The number of phenols is 1. The van der Waals surface area contributed by atoms with Crippen LogP contribution in [-0.4, -0.2) is 37.1 Å². The average molecular weight is 400 g/mol. The Bertz CT molecular complexity index is 1200. The van der Waals surface area contributed by atoms with Crippen LogP contribution in [0.2, 0.25) is 0 Å². The van der Waals surface area contributed by atoms with Crippen LogP contribution in [0.5, 0.6) is 5.75 Å². The van der Waals surface area contributed by atoms with Gasteiger partial charge in [0.05, 0.1) is 16.0 Å². The molecular weight excluding hydrogens is 384 g/mol. The largest absolute Gasteiger partial charge is 0.508 e. The molecule has 11 heteroatoms. The number of rotatable bonds is 7. The Hall–Kier alpha value is -3.99. The summed E-state index contributed by atoms with van der Waals surface area (Å²) in [5.41, 5.74) is -1.06. The van der Waals surface area contributed by atoms with Gasteiger partial charge in [0, 0.05) is 18.7 Å². The normalized spacial score (nSPS) is 12.0. The lowest BCUT2D eigenvalue weighted by atomic mass is 10.0. The summed E-state index contributed by atoms with van der Waals surface area (Å²) in [6.07, 6.45) is 0.0931. The number of nitrogens with zero attached hydrogens (tertiary/aromatic N) is 1. The molecule has 29 heavy (non-hydrogen) atoms. The molecule has 3 rings (SSSR count). The van der Waals surface area contributed by atoms with Crippen LogP contribution in [0.4, 0.5) is 5.69 Å². The molecule has 1 atom stereocenters. The Balaban J connectivity index is 1.92. The zero-order valence-corrected chi connectivity index (χ0v) is 14.8. The van der Waals surface area contributed by atoms with Crippen LogP contribution in [0.1, 0.15) is 11.1 Å². The van der Waals surface area contributed by atoms with Gasteiger partial charge in [-0.2, -0.15) is 0 Å². The number of benzene rings is 2. The van der Waals surface area contributed by atoms with Crippen LogP contribution in [0, 0.1) is 10.1 Å². The van der Waals surface area contributed by atoms with E-state index in [0.29, 0.717) is 5.56 Å². The predicted molar refractivity (Wildman–Crippen MR) is 102 cm³/mol. The van der Waals surface area contributed by atoms with Crippen LogP contribution >= 0.6 is 0 Å². The molecule has 0 aliphatic rings. The van der Waals surface area contributed by atoms with Gasteiger partial charge in [0.1, 0.15) is 11.8 Å². The first-order valence-electron chi connectivity index (χ1n) is 8.42. The maximum Gasteiger partial charge on any atom is 0.321 e. The van der Waals surface area contributed by atoms with Crippen molar-refractivity contribution in [3.8, 4) is 5.75 Å². The van der Waals surface area contributed by atoms with E-state index in [1.807, 2.05) is 0 Å². The number of nitrogens with one attached hydrogen (secondary N) is 3. The Kier molecular flexibility index (Phi) is 5.41. The molecule has 0 unspecified atom stereocenters. The zero-order valence-electron chi connectivity index (χ0n) is 14.8. The van der Waals surface area contributed by atoms with Crippen molar-refractivity contribution in [1.29, 1.82) is 0 Å². The number of fused-ring (bicyclic) bond motifs is 1. The Morgan fingerprint density at radius 3 is 2.41 bits per heavy atom. The molecule has 5 N–H and O–H groups in total. The quantitative estimate of drug-likeness (QED) is 0.217. The number of carbonyl (C=O) groups is 1. The van der Waals surface area contributed by atoms with Crippen LogP contribution in [0.15, 0.2) is 46.0 Å². The third-order valence-electron chi connectivity index (χ3n) is 4.32. The number of non-ortho nitro benzene ring substituents is 1. The van der Waals surface area contributed by atoms with Crippen LogP contribution < -0.4 is 16.4 Å². The summed E-state index contributed by atoms with van der Waals surface area (Å²) in [6, 6.07) is 7.30. The first kappa shape index (κ1) is 19.8. The van der Waals surface area contributed by atoms with Crippen molar-refractivity contribution in [3.05, 3.63) is 78.3 Å². The second-order valence-electron chi connectivity index (χ2n) is 6.34. The molecule has 0 saturated carbocycles. The van der Waals surface area contributed by atoms with Crippen molar-refractivity contribution < 1.29 is 19.9 Å². The number of carboxylic acid groups (broad SMARTS) is 1. The lowest BCUT2D eigenvalue weighted by molar-refractivity contribution is -0.384. The van der Waals surface area contributed by atoms with Crippen molar-refractivity contribution in [2.24, 2.45) is 0 Å². The number of nitro benzene ring substituents is 1. The third kappa shape index (κ3) is 4.47. The van der Waals surface area contributed by atoms with Crippen LogP contribution in [0.25, 0.3) is 11.0 Å². The molecule has 0 amide bonds. The minimum absolute atomic E-state index is 0.0506. The summed E-state index contributed by atoms with van der Waals surface area (Å²) in [6.45, 7) is -0.116. The molecule has 0 bridgehead atoms. The monoisotopic (exact) mass is 400 g/mol. The van der Waals surface area contributed by atoms with Gasteiger partial charge in [0.25, 0.3) is 5.69 Å². The van der Waals surface area contributed by atoms with Crippen LogP contribution in [-0.2, 0) is 17.8 Å². The molecule has 2 aromatic carbocycles. The van der Waals surface area contributed by atoms with E-state index < -0.39 is 28.1 Å². The topological polar surface area (TPSA) is 178 Å². The molecule has 0 saturated heterocycles. The van der Waals surface area contributed by atoms with Crippen molar-refractivity contribution >= 4 is 22.7 Å². The molecule has 0 aliphatic carbocycles. The van der Waals surface area contributed by atoms with Gasteiger partial charge in [-0.05, 0) is 29.7 Å². The van der Waals surface area contributed by atoms with Crippen molar-refractivity contribution in [3.63, 3.8) is 0 Å². The third-order valence-corrected chi connectivity index (χ3v) is 4.32. The molecule has 3 aromatic rings. The summed E-state index contributed by atoms with van der Waals surface area (Å²) in [5, 5.41) is 32.8. The molecule has 0 spiro atoms. The Labute approximate surface area is 161 Å². The van der Waals surface area contributed by atoms with E-state index in [4.69, 9.17) is 0 Å². The lowest BCUT2D eigenvalue weighted by Gasteiger charge is -2.15. The Morgan fingerprint density at radius 1 is 1.14 bits per heavy atom. The van der Waals surface area contributed by atoms with Gasteiger partial charge in [0.15, 0.2) is 0 Å². The predicted octanol–water partition coefficient (Wildman–Crippen LogP) is 0.616. The molecule has 1 heterocycles. The molecule has 0 aliphatic heterocycles. The van der Waals surface area contributed by atoms with E-state index in [1.165, 1.54) is 18.2 Å². The van der Waals surface area contributed by atoms with E-state index in [-0.39, 0.29) is 41.0 Å². The number of aliphatic carboxylic acids is 1. The van der Waals surface area contributed by atoms with E-state index in [2.05, 4.69) is 15.3 Å². The maximum atomic E-state index is 11.7. The van der Waals surface area contributed by atoms with Gasteiger partial charge in [-0.15, -0.1) is 0 Å². The number of phenolic OH excluding ortho intramolecular Hbond substituents is 1. The zero-order chi connectivity index (χ0) is 21.1. The molecule has 0 radical (unpaired) electrons. The Morgan fingerprint density at radius 2 is 1.79 bits per heavy atom. The average Bonchev–Trinajstić information content (AvgIpc) is 2.67. The summed E-state index contributed by atoms with van der Waals surface area (Å²) in [4.78, 5) is 49.9. The highest BCUT2D eigenvalue weighted by molar-refractivity contribution is 5.80. The molecule has 150 valence electrons. The van der Waals surface area contributed by atoms with Gasteiger partial charge in [-0.3, -0.25) is 29.8 Å². The summed E-state index contributed by atoms with van der Waals surface area (Å²) in [5.74, 6) is -1.09. The van der Waals surface area contributed by atoms with Gasteiger partial charge in [-0.1, -0.05) is 12.1 Å². The first-order valence-corrected chi connectivity index (χ1v) is 8.42. The standard InChI is InChI=1S/C18H16N4O7/c23-12-3-1-9(2-4-12)5-14(18(26)27)19-8-10-6-11(22(28)29)7-13-15(10)21-17(25)16(24)20-13/h1-4,6-7,14,19,23H,5,8H2,(H,20,24)(H,21,25)(H,26,27)/t14-/m0/s1. The number of aromatic nitrogens is 2. The minimum Gasteiger partial charge on any atom is -0.508 e. The van der Waals surface area contributed by atoms with E-state index >= 15 is 0 Å². The van der Waals surface area contributed by atoms with E-state index in [9.17, 15) is 34.7 Å². The van der Waals surface area contributed by atoms with Gasteiger partial charge >= 0.3 is 17.1 Å². The number of hydrogen-bond acceptors (Lipinski definition) is 7. The highest BCUT2D eigenvalue weighted by Gasteiger charge is 2.20. The number of aromatic hydroxyl groups is 1. The fourth-order valence-electron chi connectivity index (χ4n) is 2.87. The van der Waals surface area contributed by atoms with Gasteiger partial charge in [-0.25, -0.2) is 0 Å². The fraction of sp³-hybridized carbons (Fsp3) is 0.167. The number of nitro groups is 1. The first-order chi connectivity index (χ1) is 13.7. The second-order valence-corrected chi connectivity index (χ2v) is 6.34. The number of aromatic amines is 2. The number of carboxylic acids is 1. The van der Waals surface area contributed by atoms with Gasteiger partial charge in [0.2, 0.25) is 0 Å². The lowest BCUT2D eigenvalue weighted by Crippen LogP contribution is -2.38. The molecule has 0 fully saturated rings. The fourth-order valence-corrected chi connectivity index (χ4v) is 2.87. The van der Waals surface area contributed by atoms with Gasteiger partial charge < -0.3 is 20.2 Å². The highest BCUT2D eigenvalue weighted by atomic mass is 16.6. The molecule has 11 nitrogen and oxygen atoms in total. The minimum atomic E-state index is -1.14. The van der Waals surface area contributed by atoms with E-state index in [0.717, 1.165) is 6.07 Å². The molecule has 1 aromatic heterocycles. The van der Waals surface area contributed by atoms with Crippen molar-refractivity contribution in [2.75, 3.05) is 0 Å². The highest BCUT2D eigenvalue weighted by Crippen LogP contribution is 2.21. The SMILES string of the molecule is O=C(O)[C@H](Cc1ccc(O)cc1)NCc1cc([N+](=O)[O-])cc2[nH]c(=O)c(=O)[nH]c12. The van der Waals surface area contributed by atoms with Crippen LogP contribution in [0.3, 0.4) is 0 Å². The smallest absolute Gasteiger partial charge is 0.321 e. The summed E-state index contributed by atoms with van der Waals surface area (Å²) in [7, 11) is 0. The van der Waals surface area contributed by atoms with Crippen molar-refractivity contribution in [1.82, 2.24) is 15.3 Å². The number of hydrogen-bond donors (Lipinski definition) is 5. The molecular formula is C18H16N4O7. The summed E-state index contributed by atoms with van der Waals surface area (Å²) < 4.78 is 0. The van der Waals surface area contributed by atoms with Crippen molar-refractivity contribution in [2.45, 2.75) is 19.0 Å². The maximum absolute atomic E-state index is 11.7. The van der Waals surface area contributed by atoms with E-state index in [1.54, 1.807) is 12.1 Å². The second kappa shape index (κ2) is 7.94.